The Hall–Kier alpha value is -1.07. The Morgan fingerprint density at radius 2 is 2.27 bits per heavy atom. The van der Waals surface area contributed by atoms with Gasteiger partial charge in [0.05, 0.1) is 25.0 Å². The predicted molar refractivity (Wildman–Crippen MR) is 58.5 cm³/mol. The lowest BCUT2D eigenvalue weighted by Gasteiger charge is -2.18. The van der Waals surface area contributed by atoms with Crippen molar-refractivity contribution in [2.75, 3.05) is 38.6 Å². The van der Waals surface area contributed by atoms with Gasteiger partial charge in [0.25, 0.3) is 0 Å². The van der Waals surface area contributed by atoms with Crippen LogP contribution in [-0.2, 0) is 11.3 Å². The summed E-state index contributed by atoms with van der Waals surface area (Å²) in [5.41, 5.74) is 6.33. The zero-order chi connectivity index (χ0) is 10.5. The molecule has 0 unspecified atom stereocenters. The molecular formula is C10H18N4O. The molecule has 84 valence electrons. The number of hydrogen-bond acceptors (Lipinski definition) is 4. The number of aromatic nitrogens is 2. The van der Waals surface area contributed by atoms with E-state index in [2.05, 4.69) is 10.00 Å². The van der Waals surface area contributed by atoms with Gasteiger partial charge in [-0.25, -0.2) is 0 Å². The largest absolute Gasteiger partial charge is 0.396 e. The molecule has 5 nitrogen and oxygen atoms in total. The maximum atomic E-state index is 5.60. The molecule has 1 fully saturated rings. The summed E-state index contributed by atoms with van der Waals surface area (Å²) < 4.78 is 7.29. The average Bonchev–Trinajstić information content (AvgIpc) is 2.52. The Bertz CT molecular complexity index is 291. The summed E-state index contributed by atoms with van der Waals surface area (Å²) in [7, 11) is 0. The molecule has 0 spiro atoms. The van der Waals surface area contributed by atoms with Gasteiger partial charge in [0, 0.05) is 32.4 Å². The van der Waals surface area contributed by atoms with E-state index in [9.17, 15) is 0 Å². The highest BCUT2D eigenvalue weighted by molar-refractivity contribution is 5.30. The highest BCUT2D eigenvalue weighted by atomic mass is 16.5. The lowest BCUT2D eigenvalue weighted by molar-refractivity contribution is 0.140. The fourth-order valence-corrected chi connectivity index (χ4v) is 1.77. The van der Waals surface area contributed by atoms with Crippen LogP contribution in [0.5, 0.6) is 0 Å². The van der Waals surface area contributed by atoms with Crippen LogP contribution < -0.4 is 5.73 Å². The van der Waals surface area contributed by atoms with Crippen molar-refractivity contribution in [1.29, 1.82) is 0 Å². The van der Waals surface area contributed by atoms with Gasteiger partial charge in [0.1, 0.15) is 0 Å². The van der Waals surface area contributed by atoms with Crippen LogP contribution in [0.25, 0.3) is 0 Å². The third-order valence-corrected chi connectivity index (χ3v) is 2.61. The number of anilines is 1. The number of nitrogens with zero attached hydrogens (tertiary/aromatic N) is 3. The average molecular weight is 210 g/mol. The van der Waals surface area contributed by atoms with Crippen LogP contribution in [0, 0.1) is 0 Å². The molecule has 1 aliphatic rings. The van der Waals surface area contributed by atoms with E-state index in [1.165, 1.54) is 0 Å². The summed E-state index contributed by atoms with van der Waals surface area (Å²) in [5, 5.41) is 4.16. The van der Waals surface area contributed by atoms with Gasteiger partial charge in [0.15, 0.2) is 0 Å². The van der Waals surface area contributed by atoms with Crippen LogP contribution in [-0.4, -0.2) is 47.5 Å². The minimum Gasteiger partial charge on any atom is -0.396 e. The Morgan fingerprint density at radius 1 is 1.33 bits per heavy atom. The maximum Gasteiger partial charge on any atom is 0.0719 e. The zero-order valence-electron chi connectivity index (χ0n) is 8.93. The van der Waals surface area contributed by atoms with Crippen molar-refractivity contribution < 1.29 is 4.74 Å². The summed E-state index contributed by atoms with van der Waals surface area (Å²) in [4.78, 5) is 2.41. The van der Waals surface area contributed by atoms with E-state index in [4.69, 9.17) is 10.5 Å². The summed E-state index contributed by atoms with van der Waals surface area (Å²) in [6.07, 6.45) is 4.68. The van der Waals surface area contributed by atoms with E-state index in [-0.39, 0.29) is 0 Å². The molecule has 5 heteroatoms. The van der Waals surface area contributed by atoms with Crippen molar-refractivity contribution in [3.63, 3.8) is 0 Å². The molecule has 0 atom stereocenters. The van der Waals surface area contributed by atoms with E-state index >= 15 is 0 Å². The number of nitrogens with two attached hydrogens (primary N) is 1. The third-order valence-electron chi connectivity index (χ3n) is 2.61. The fraction of sp³-hybridized carbons (Fsp3) is 0.700. The molecule has 2 heterocycles. The molecule has 1 saturated heterocycles. The molecule has 1 aromatic heterocycles. The van der Waals surface area contributed by atoms with Crippen LogP contribution in [0.4, 0.5) is 5.69 Å². The maximum absolute atomic E-state index is 5.60. The smallest absolute Gasteiger partial charge is 0.0719 e. The fourth-order valence-electron chi connectivity index (χ4n) is 1.77. The molecular weight excluding hydrogens is 192 g/mol. The van der Waals surface area contributed by atoms with Crippen LogP contribution >= 0.6 is 0 Å². The van der Waals surface area contributed by atoms with Gasteiger partial charge in [-0.05, 0) is 6.42 Å². The molecule has 1 aromatic rings. The van der Waals surface area contributed by atoms with Gasteiger partial charge >= 0.3 is 0 Å². The van der Waals surface area contributed by atoms with Crippen molar-refractivity contribution in [2.24, 2.45) is 0 Å². The van der Waals surface area contributed by atoms with Gasteiger partial charge < -0.3 is 10.5 Å². The van der Waals surface area contributed by atoms with Crippen molar-refractivity contribution in [3.05, 3.63) is 12.4 Å². The van der Waals surface area contributed by atoms with E-state index < -0.39 is 0 Å². The summed E-state index contributed by atoms with van der Waals surface area (Å²) >= 11 is 0. The molecule has 0 aromatic carbocycles. The lowest BCUT2D eigenvalue weighted by Crippen LogP contribution is -2.30. The quantitative estimate of drug-likeness (QED) is 0.773. The topological polar surface area (TPSA) is 56.3 Å². The van der Waals surface area contributed by atoms with E-state index in [1.54, 1.807) is 6.20 Å². The summed E-state index contributed by atoms with van der Waals surface area (Å²) in [6, 6.07) is 0. The molecule has 0 saturated carbocycles. The van der Waals surface area contributed by atoms with Gasteiger partial charge in [-0.3, -0.25) is 9.58 Å². The first kappa shape index (κ1) is 10.4. The monoisotopic (exact) mass is 210 g/mol. The van der Waals surface area contributed by atoms with Gasteiger partial charge in [-0.15, -0.1) is 0 Å². The second-order valence-corrected chi connectivity index (χ2v) is 3.84. The molecule has 1 aliphatic heterocycles. The number of hydrogen-bond donors (Lipinski definition) is 1. The molecule has 0 amide bonds. The van der Waals surface area contributed by atoms with Crippen molar-refractivity contribution >= 4 is 5.69 Å². The van der Waals surface area contributed by atoms with E-state index in [1.807, 2.05) is 10.9 Å². The lowest BCUT2D eigenvalue weighted by atomic mass is 10.4. The SMILES string of the molecule is Nc1cnn(CCN2CCCOCC2)c1. The number of ether oxygens (including phenoxy) is 1. The van der Waals surface area contributed by atoms with E-state index in [0.717, 1.165) is 51.5 Å². The Labute approximate surface area is 89.8 Å². The van der Waals surface area contributed by atoms with Crippen LogP contribution in [0.1, 0.15) is 6.42 Å². The Kier molecular flexibility index (Phi) is 3.58. The number of nitrogen functional groups attached to an aromatic ring is 1. The van der Waals surface area contributed by atoms with E-state index in [0.29, 0.717) is 0 Å². The first-order valence-electron chi connectivity index (χ1n) is 5.42. The number of rotatable bonds is 3. The summed E-state index contributed by atoms with van der Waals surface area (Å²) in [6.45, 7) is 5.81. The second-order valence-electron chi connectivity index (χ2n) is 3.84. The first-order chi connectivity index (χ1) is 7.34. The molecule has 0 bridgehead atoms. The Balaban J connectivity index is 1.76. The standard InChI is InChI=1S/C10H18N4O/c11-10-8-12-14(9-10)4-3-13-2-1-6-15-7-5-13/h8-9H,1-7,11H2. The molecule has 0 aliphatic carbocycles. The molecule has 0 radical (unpaired) electrons. The van der Waals surface area contributed by atoms with Crippen LogP contribution in [0.15, 0.2) is 12.4 Å². The van der Waals surface area contributed by atoms with Gasteiger partial charge in [0.2, 0.25) is 0 Å². The highest BCUT2D eigenvalue weighted by Crippen LogP contribution is 2.01. The third kappa shape index (κ3) is 3.21. The van der Waals surface area contributed by atoms with Crippen LogP contribution in [0.2, 0.25) is 0 Å². The minimum atomic E-state index is 0.731. The predicted octanol–water partition coefficient (Wildman–Crippen LogP) is 0.188. The molecule has 2 rings (SSSR count). The first-order valence-corrected chi connectivity index (χ1v) is 5.42. The van der Waals surface area contributed by atoms with Crippen molar-refractivity contribution in [1.82, 2.24) is 14.7 Å². The zero-order valence-corrected chi connectivity index (χ0v) is 8.93. The van der Waals surface area contributed by atoms with Crippen molar-refractivity contribution in [2.45, 2.75) is 13.0 Å². The van der Waals surface area contributed by atoms with Gasteiger partial charge in [-0.2, -0.15) is 5.10 Å². The minimum absolute atomic E-state index is 0.731. The highest BCUT2D eigenvalue weighted by Gasteiger charge is 2.08. The van der Waals surface area contributed by atoms with Gasteiger partial charge in [-0.1, -0.05) is 0 Å². The summed E-state index contributed by atoms with van der Waals surface area (Å²) in [5.74, 6) is 0. The molecule has 2 N–H and O–H groups in total. The molecule has 15 heavy (non-hydrogen) atoms. The Morgan fingerprint density at radius 3 is 3.07 bits per heavy atom. The van der Waals surface area contributed by atoms with Crippen LogP contribution in [0.3, 0.4) is 0 Å². The normalized spacial score (nSPS) is 18.9. The second kappa shape index (κ2) is 5.14. The van der Waals surface area contributed by atoms with Crippen molar-refractivity contribution in [3.8, 4) is 0 Å².